The molecule has 33 heavy (non-hydrogen) atoms. The molecule has 0 aliphatic rings. The van der Waals surface area contributed by atoms with Crippen LogP contribution >= 0.6 is 0 Å². The molecule has 0 aliphatic carbocycles. The summed E-state index contributed by atoms with van der Waals surface area (Å²) in [6.45, 7) is 1.47. The minimum Gasteiger partial charge on any atom is -0.324 e. The normalized spacial score (nSPS) is 12.1. The van der Waals surface area contributed by atoms with Crippen molar-refractivity contribution in [3.63, 3.8) is 0 Å². The molecule has 0 saturated heterocycles. The number of aryl methyl sites for hydroxylation is 1. The first kappa shape index (κ1) is 22.3. The number of nitrogens with zero attached hydrogens (tertiary/aromatic N) is 6. The van der Waals surface area contributed by atoms with Gasteiger partial charge in [0.2, 0.25) is 0 Å². The second kappa shape index (κ2) is 7.93. The smallest absolute Gasteiger partial charge is 0.324 e. The van der Waals surface area contributed by atoms with Crippen LogP contribution in [0, 0.1) is 11.3 Å². The van der Waals surface area contributed by atoms with Gasteiger partial charge in [0.15, 0.2) is 15.7 Å². The molecule has 0 radical (unpaired) electrons. The van der Waals surface area contributed by atoms with E-state index in [0.29, 0.717) is 16.7 Å². The molecule has 12 heteroatoms. The van der Waals surface area contributed by atoms with Gasteiger partial charge in [-0.2, -0.15) is 18.4 Å². The van der Waals surface area contributed by atoms with Crippen LogP contribution in [-0.4, -0.2) is 38.7 Å². The van der Waals surface area contributed by atoms with Crippen LogP contribution in [0.3, 0.4) is 0 Å². The van der Waals surface area contributed by atoms with E-state index < -0.39 is 21.7 Å². The molecule has 0 aromatic carbocycles. The average Bonchev–Trinajstić information content (AvgIpc) is 3.14. The van der Waals surface area contributed by atoms with Crippen LogP contribution in [0.2, 0.25) is 0 Å². The third-order valence-electron chi connectivity index (χ3n) is 5.04. The summed E-state index contributed by atoms with van der Waals surface area (Å²) in [5, 5.41) is 9.11. The molecule has 4 heterocycles. The van der Waals surface area contributed by atoms with Crippen molar-refractivity contribution in [1.29, 1.82) is 5.26 Å². The molecular formula is C21H15F3N6O2S. The Hall–Kier alpha value is -3.85. The van der Waals surface area contributed by atoms with Gasteiger partial charge < -0.3 is 4.57 Å². The molecule has 8 nitrogen and oxygen atoms in total. The number of aromatic nitrogens is 5. The number of imidazole rings is 1. The van der Waals surface area contributed by atoms with Crippen LogP contribution in [0.4, 0.5) is 13.2 Å². The van der Waals surface area contributed by atoms with Gasteiger partial charge in [-0.1, -0.05) is 6.92 Å². The molecule has 168 valence electrons. The van der Waals surface area contributed by atoms with E-state index in [1.54, 1.807) is 6.07 Å². The molecule has 0 saturated carbocycles. The molecular weight excluding hydrogens is 457 g/mol. The largest absolute Gasteiger partial charge is 0.433 e. The third kappa shape index (κ3) is 4.03. The highest BCUT2D eigenvalue weighted by atomic mass is 32.2. The van der Waals surface area contributed by atoms with Crippen LogP contribution in [0.5, 0.6) is 0 Å². The summed E-state index contributed by atoms with van der Waals surface area (Å²) in [7, 11) is -2.27. The van der Waals surface area contributed by atoms with E-state index in [1.165, 1.54) is 43.2 Å². The Morgan fingerprint density at radius 1 is 1.06 bits per heavy atom. The minimum atomic E-state index is -4.64. The average molecular weight is 472 g/mol. The highest BCUT2D eigenvalue weighted by molar-refractivity contribution is 7.91. The van der Waals surface area contributed by atoms with Gasteiger partial charge >= 0.3 is 6.18 Å². The zero-order chi connectivity index (χ0) is 24.0. The summed E-state index contributed by atoms with van der Waals surface area (Å²) >= 11 is 0. The Balaban J connectivity index is 1.95. The molecule has 0 aliphatic heterocycles. The van der Waals surface area contributed by atoms with Crippen molar-refractivity contribution in [2.24, 2.45) is 7.05 Å². The lowest BCUT2D eigenvalue weighted by atomic mass is 10.1. The van der Waals surface area contributed by atoms with Crippen LogP contribution in [0.25, 0.3) is 33.7 Å². The summed E-state index contributed by atoms with van der Waals surface area (Å²) in [5.74, 6) is -0.153. The third-order valence-corrected chi connectivity index (χ3v) is 6.78. The summed E-state index contributed by atoms with van der Waals surface area (Å²) in [4.78, 5) is 15.8. The fraction of sp³-hybridized carbons (Fsp3) is 0.190. The van der Waals surface area contributed by atoms with E-state index in [2.05, 4.69) is 19.9 Å². The van der Waals surface area contributed by atoms with Crippen molar-refractivity contribution in [1.82, 2.24) is 24.5 Å². The number of sulfone groups is 1. The summed E-state index contributed by atoms with van der Waals surface area (Å²) in [5.41, 5.74) is 0.382. The predicted octanol–water partition coefficient (Wildman–Crippen LogP) is 3.78. The molecule has 0 amide bonds. The summed E-state index contributed by atoms with van der Waals surface area (Å²) in [6.07, 6.45) is 0.641. The van der Waals surface area contributed by atoms with Gasteiger partial charge in [-0.05, 0) is 18.2 Å². The molecule has 4 rings (SSSR count). The van der Waals surface area contributed by atoms with Crippen LogP contribution in [0.1, 0.15) is 18.2 Å². The van der Waals surface area contributed by atoms with Gasteiger partial charge in [-0.15, -0.1) is 0 Å². The van der Waals surface area contributed by atoms with Gasteiger partial charge in [0, 0.05) is 36.8 Å². The molecule has 0 N–H and O–H groups in total. The van der Waals surface area contributed by atoms with E-state index in [9.17, 15) is 21.6 Å². The van der Waals surface area contributed by atoms with E-state index in [0.717, 1.165) is 12.3 Å². The fourth-order valence-electron chi connectivity index (χ4n) is 3.28. The Labute approximate surface area is 186 Å². The molecule has 4 aromatic rings. The maximum Gasteiger partial charge on any atom is 0.433 e. The van der Waals surface area contributed by atoms with Crippen LogP contribution in [0.15, 0.2) is 47.9 Å². The Morgan fingerprint density at radius 2 is 1.79 bits per heavy atom. The molecule has 0 atom stereocenters. The van der Waals surface area contributed by atoms with Crippen molar-refractivity contribution in [2.75, 3.05) is 5.75 Å². The molecule has 0 spiro atoms. The lowest BCUT2D eigenvalue weighted by molar-refractivity contribution is -0.141. The van der Waals surface area contributed by atoms with Crippen molar-refractivity contribution in [3.8, 4) is 28.7 Å². The summed E-state index contributed by atoms with van der Waals surface area (Å²) < 4.78 is 66.4. The Morgan fingerprint density at radius 3 is 2.45 bits per heavy atom. The maximum atomic E-state index is 13.1. The molecule has 0 bridgehead atoms. The minimum absolute atomic E-state index is 0.00254. The number of halogens is 3. The number of nitriles is 1. The van der Waals surface area contributed by atoms with Crippen LogP contribution in [-0.2, 0) is 23.1 Å². The predicted molar refractivity (Wildman–Crippen MR) is 112 cm³/mol. The number of hydrogen-bond donors (Lipinski definition) is 0. The SMILES string of the molecule is CCS(=O)(=O)c1cc(-c2cncc(C#N)c2)cnc1-c1nc2cc(C(F)(F)F)ncc2n1C. The van der Waals surface area contributed by atoms with Crippen molar-refractivity contribution in [3.05, 3.63) is 54.2 Å². The van der Waals surface area contributed by atoms with Gasteiger partial charge in [0.25, 0.3) is 0 Å². The zero-order valence-corrected chi connectivity index (χ0v) is 18.1. The van der Waals surface area contributed by atoms with E-state index >= 15 is 0 Å². The fourth-order valence-corrected chi connectivity index (χ4v) is 4.33. The monoisotopic (exact) mass is 472 g/mol. The number of hydrogen-bond acceptors (Lipinski definition) is 7. The zero-order valence-electron chi connectivity index (χ0n) is 17.3. The highest BCUT2D eigenvalue weighted by Gasteiger charge is 2.33. The topological polar surface area (TPSA) is 114 Å². The standard InChI is InChI=1S/C21H15F3N6O2S/c1-3-33(31,32)17-5-14(13-4-12(7-25)8-26-9-13)10-28-19(17)20-29-15-6-18(21(22,23)24)27-11-16(15)30(20)2/h4-6,8-11H,3H2,1-2H3. The number of pyridine rings is 3. The van der Waals surface area contributed by atoms with Gasteiger partial charge in [-0.3, -0.25) is 9.97 Å². The first-order valence-electron chi connectivity index (χ1n) is 9.53. The van der Waals surface area contributed by atoms with Crippen molar-refractivity contribution >= 4 is 20.9 Å². The van der Waals surface area contributed by atoms with Crippen molar-refractivity contribution in [2.45, 2.75) is 18.0 Å². The maximum absolute atomic E-state index is 13.1. The van der Waals surface area contributed by atoms with Crippen LogP contribution < -0.4 is 0 Å². The first-order chi connectivity index (χ1) is 15.5. The number of fused-ring (bicyclic) bond motifs is 1. The highest BCUT2D eigenvalue weighted by Crippen LogP contribution is 2.33. The second-order valence-corrected chi connectivity index (χ2v) is 9.35. The number of rotatable bonds is 4. The van der Waals surface area contributed by atoms with Gasteiger partial charge in [0.1, 0.15) is 17.5 Å². The second-order valence-electron chi connectivity index (χ2n) is 7.10. The molecule has 4 aromatic heterocycles. The van der Waals surface area contributed by atoms with E-state index in [1.807, 2.05) is 6.07 Å². The van der Waals surface area contributed by atoms with E-state index in [-0.39, 0.29) is 33.2 Å². The van der Waals surface area contributed by atoms with Gasteiger partial charge in [0.05, 0.1) is 33.4 Å². The molecule has 0 unspecified atom stereocenters. The van der Waals surface area contributed by atoms with E-state index in [4.69, 9.17) is 5.26 Å². The Bertz CT molecular complexity index is 1540. The Kier molecular flexibility index (Phi) is 5.37. The molecule has 0 fully saturated rings. The van der Waals surface area contributed by atoms with Crippen molar-refractivity contribution < 1.29 is 21.6 Å². The lowest BCUT2D eigenvalue weighted by Crippen LogP contribution is -2.09. The van der Waals surface area contributed by atoms with Gasteiger partial charge in [-0.25, -0.2) is 18.4 Å². The lowest BCUT2D eigenvalue weighted by Gasteiger charge is -2.11. The summed E-state index contributed by atoms with van der Waals surface area (Å²) in [6, 6.07) is 5.72. The first-order valence-corrected chi connectivity index (χ1v) is 11.2. The number of alkyl halides is 3. The quantitative estimate of drug-likeness (QED) is 0.444.